The summed E-state index contributed by atoms with van der Waals surface area (Å²) in [5.41, 5.74) is 6.78. The van der Waals surface area contributed by atoms with Crippen molar-refractivity contribution in [2.45, 2.75) is 12.5 Å². The maximum atomic E-state index is 14.3. The van der Waals surface area contributed by atoms with Gasteiger partial charge in [0, 0.05) is 43.6 Å². The van der Waals surface area contributed by atoms with Crippen LogP contribution in [0.4, 0.5) is 10.3 Å². The van der Waals surface area contributed by atoms with E-state index in [1.807, 2.05) is 11.0 Å². The zero-order valence-corrected chi connectivity index (χ0v) is 17.0. The van der Waals surface area contributed by atoms with Gasteiger partial charge in [0.25, 0.3) is 5.56 Å². The highest BCUT2D eigenvalue weighted by Gasteiger charge is 2.24. The molecule has 1 amide bonds. The number of ether oxygens (including phenoxy) is 1. The molecule has 0 unspecified atom stereocenters. The molecule has 2 N–H and O–H groups in total. The lowest BCUT2D eigenvalue weighted by molar-refractivity contribution is 0.0685. The monoisotopic (exact) mass is 423 g/mol. The quantitative estimate of drug-likeness (QED) is 0.689. The lowest BCUT2D eigenvalue weighted by Crippen LogP contribution is -2.34. The first kappa shape index (κ1) is 20.7. The van der Waals surface area contributed by atoms with Crippen molar-refractivity contribution in [3.8, 4) is 11.3 Å². The van der Waals surface area contributed by atoms with Gasteiger partial charge in [0.05, 0.1) is 18.4 Å². The molecule has 1 aromatic carbocycles. The van der Waals surface area contributed by atoms with Crippen LogP contribution in [0.5, 0.6) is 0 Å². The number of hydrogen-bond acceptors (Lipinski definition) is 6. The second kappa shape index (κ2) is 8.65. The van der Waals surface area contributed by atoms with Crippen LogP contribution in [-0.4, -0.2) is 40.1 Å². The Bertz CT molecular complexity index is 1180. The minimum atomic E-state index is -0.547. The predicted octanol–water partition coefficient (Wildman–Crippen LogP) is 2.05. The SMILES string of the molecule is Cn1c(N2CCCO[C@H](c3cccc(C(N)=O)c3)C2)nc(-c2ccncc2F)cc1=O. The van der Waals surface area contributed by atoms with Crippen molar-refractivity contribution in [2.75, 3.05) is 24.6 Å². The lowest BCUT2D eigenvalue weighted by atomic mass is 10.1. The molecule has 3 heterocycles. The number of benzene rings is 1. The number of carbonyl (C=O) groups is 1. The summed E-state index contributed by atoms with van der Waals surface area (Å²) in [5.74, 6) is -0.640. The van der Waals surface area contributed by atoms with Crippen LogP contribution in [0.3, 0.4) is 0 Å². The third kappa shape index (κ3) is 4.31. The molecule has 31 heavy (non-hydrogen) atoms. The van der Waals surface area contributed by atoms with Crippen LogP contribution < -0.4 is 16.2 Å². The molecule has 1 aliphatic heterocycles. The fourth-order valence-corrected chi connectivity index (χ4v) is 3.63. The number of nitrogens with two attached hydrogens (primary N) is 1. The van der Waals surface area contributed by atoms with Crippen molar-refractivity contribution < 1.29 is 13.9 Å². The first-order valence-electron chi connectivity index (χ1n) is 9.88. The van der Waals surface area contributed by atoms with Gasteiger partial charge in [-0.15, -0.1) is 0 Å². The molecule has 1 fully saturated rings. The zero-order chi connectivity index (χ0) is 22.0. The molecule has 1 saturated heterocycles. The van der Waals surface area contributed by atoms with Crippen molar-refractivity contribution in [3.63, 3.8) is 0 Å². The van der Waals surface area contributed by atoms with E-state index in [-0.39, 0.29) is 22.9 Å². The molecular formula is C22H22FN5O3. The van der Waals surface area contributed by atoms with Gasteiger partial charge >= 0.3 is 0 Å². The first-order valence-corrected chi connectivity index (χ1v) is 9.88. The fourth-order valence-electron chi connectivity index (χ4n) is 3.63. The van der Waals surface area contributed by atoms with Gasteiger partial charge in [-0.2, -0.15) is 0 Å². The molecule has 160 valence electrons. The Morgan fingerprint density at radius 2 is 2.13 bits per heavy atom. The minimum absolute atomic E-state index is 0.214. The van der Waals surface area contributed by atoms with Gasteiger partial charge in [0.15, 0.2) is 5.82 Å². The average Bonchev–Trinajstić information content (AvgIpc) is 3.02. The van der Waals surface area contributed by atoms with E-state index in [4.69, 9.17) is 10.5 Å². The van der Waals surface area contributed by atoms with E-state index in [0.717, 1.165) is 18.2 Å². The third-order valence-electron chi connectivity index (χ3n) is 5.26. The summed E-state index contributed by atoms with van der Waals surface area (Å²) < 4.78 is 21.7. The topological polar surface area (TPSA) is 103 Å². The molecule has 4 rings (SSSR count). The first-order chi connectivity index (χ1) is 14.9. The van der Waals surface area contributed by atoms with Gasteiger partial charge in [0.1, 0.15) is 6.10 Å². The smallest absolute Gasteiger partial charge is 0.255 e. The Labute approximate surface area is 178 Å². The molecule has 2 aromatic heterocycles. The fraction of sp³-hybridized carbons (Fsp3) is 0.273. The molecule has 0 aliphatic carbocycles. The number of carbonyl (C=O) groups excluding carboxylic acids is 1. The number of halogens is 1. The second-order valence-corrected chi connectivity index (χ2v) is 7.34. The minimum Gasteiger partial charge on any atom is -0.372 e. The van der Waals surface area contributed by atoms with Crippen molar-refractivity contribution in [2.24, 2.45) is 12.8 Å². The van der Waals surface area contributed by atoms with Gasteiger partial charge in [-0.1, -0.05) is 12.1 Å². The molecule has 0 saturated carbocycles. The standard InChI is InChI=1S/C22H22FN5O3/c1-27-20(29)11-18(16-6-7-25-12-17(16)23)26-22(27)28-8-3-9-31-19(13-28)14-4-2-5-15(10-14)21(24)30/h2,4-7,10-12,19H,3,8-9,13H2,1H3,(H2,24,30)/t19-/m0/s1. The van der Waals surface area contributed by atoms with Crippen LogP contribution in [0.15, 0.2) is 53.6 Å². The van der Waals surface area contributed by atoms with E-state index in [1.54, 1.807) is 25.2 Å². The number of amides is 1. The van der Waals surface area contributed by atoms with Crippen LogP contribution in [0.25, 0.3) is 11.3 Å². The summed E-state index contributed by atoms with van der Waals surface area (Å²) in [4.78, 5) is 34.5. The summed E-state index contributed by atoms with van der Waals surface area (Å²) in [5, 5.41) is 0. The number of nitrogens with zero attached hydrogens (tertiary/aromatic N) is 4. The molecule has 0 spiro atoms. The molecule has 1 aliphatic rings. The van der Waals surface area contributed by atoms with E-state index >= 15 is 0 Å². The summed E-state index contributed by atoms with van der Waals surface area (Å²) in [6.07, 6.45) is 2.92. The number of pyridine rings is 1. The van der Waals surface area contributed by atoms with Crippen LogP contribution in [0.2, 0.25) is 0 Å². The van der Waals surface area contributed by atoms with E-state index < -0.39 is 11.7 Å². The van der Waals surface area contributed by atoms with E-state index in [1.165, 1.54) is 22.9 Å². The van der Waals surface area contributed by atoms with Crippen LogP contribution in [0, 0.1) is 5.82 Å². The molecular weight excluding hydrogens is 401 g/mol. The van der Waals surface area contributed by atoms with Crippen LogP contribution in [0.1, 0.15) is 28.4 Å². The van der Waals surface area contributed by atoms with Crippen molar-refractivity contribution in [1.82, 2.24) is 14.5 Å². The normalized spacial score (nSPS) is 16.7. The maximum Gasteiger partial charge on any atom is 0.255 e. The number of hydrogen-bond donors (Lipinski definition) is 1. The van der Waals surface area contributed by atoms with E-state index in [9.17, 15) is 14.0 Å². The van der Waals surface area contributed by atoms with Crippen molar-refractivity contribution in [3.05, 3.63) is 76.1 Å². The Balaban J connectivity index is 1.71. The Morgan fingerprint density at radius 1 is 1.29 bits per heavy atom. The lowest BCUT2D eigenvalue weighted by Gasteiger charge is -2.27. The second-order valence-electron chi connectivity index (χ2n) is 7.34. The molecule has 1 atom stereocenters. The van der Waals surface area contributed by atoms with E-state index in [2.05, 4.69) is 9.97 Å². The van der Waals surface area contributed by atoms with E-state index in [0.29, 0.717) is 31.2 Å². The highest BCUT2D eigenvalue weighted by Crippen LogP contribution is 2.27. The largest absolute Gasteiger partial charge is 0.372 e. The Kier molecular flexibility index (Phi) is 5.77. The molecule has 0 bridgehead atoms. The molecule has 0 radical (unpaired) electrons. The molecule has 3 aromatic rings. The highest BCUT2D eigenvalue weighted by atomic mass is 19.1. The third-order valence-corrected chi connectivity index (χ3v) is 5.26. The maximum absolute atomic E-state index is 14.3. The van der Waals surface area contributed by atoms with Gasteiger partial charge in [-0.3, -0.25) is 19.1 Å². The number of rotatable bonds is 4. The number of anilines is 1. The average molecular weight is 423 g/mol. The molecule has 8 nitrogen and oxygen atoms in total. The Hall–Kier alpha value is -3.59. The van der Waals surface area contributed by atoms with Crippen molar-refractivity contribution >= 4 is 11.9 Å². The highest BCUT2D eigenvalue weighted by molar-refractivity contribution is 5.92. The van der Waals surface area contributed by atoms with Gasteiger partial charge in [0.2, 0.25) is 11.9 Å². The summed E-state index contributed by atoms with van der Waals surface area (Å²) in [6, 6.07) is 9.79. The van der Waals surface area contributed by atoms with Crippen molar-refractivity contribution in [1.29, 1.82) is 0 Å². The predicted molar refractivity (Wildman–Crippen MR) is 113 cm³/mol. The zero-order valence-electron chi connectivity index (χ0n) is 17.0. The van der Waals surface area contributed by atoms with Crippen LogP contribution in [-0.2, 0) is 11.8 Å². The van der Waals surface area contributed by atoms with Gasteiger partial charge in [-0.25, -0.2) is 9.37 Å². The number of aromatic nitrogens is 3. The number of primary amides is 1. The van der Waals surface area contributed by atoms with Crippen LogP contribution >= 0.6 is 0 Å². The summed E-state index contributed by atoms with van der Waals surface area (Å²) >= 11 is 0. The Morgan fingerprint density at radius 3 is 2.90 bits per heavy atom. The van der Waals surface area contributed by atoms with Gasteiger partial charge < -0.3 is 15.4 Å². The van der Waals surface area contributed by atoms with Gasteiger partial charge in [-0.05, 0) is 30.2 Å². The molecule has 9 heteroatoms. The summed E-state index contributed by atoms with van der Waals surface area (Å²) in [7, 11) is 1.63. The summed E-state index contributed by atoms with van der Waals surface area (Å²) in [6.45, 7) is 1.52.